The Kier molecular flexibility index (Phi) is 7.06. The molecule has 0 aliphatic carbocycles. The number of nitrogens with zero attached hydrogens (tertiary/aromatic N) is 3. The van der Waals surface area contributed by atoms with Gasteiger partial charge in [0, 0.05) is 19.5 Å². The number of carbonyl (C=O) groups is 1. The Morgan fingerprint density at radius 1 is 1.00 bits per heavy atom. The van der Waals surface area contributed by atoms with Crippen molar-refractivity contribution in [3.05, 3.63) is 48.0 Å². The minimum atomic E-state index is 0.0627. The zero-order chi connectivity index (χ0) is 20.8. The zero-order valence-electron chi connectivity index (χ0n) is 17.3. The lowest BCUT2D eigenvalue weighted by Crippen LogP contribution is -2.36. The third-order valence-corrected chi connectivity index (χ3v) is 5.77. The maximum Gasteiger partial charge on any atom is 0.229 e. The molecule has 7 heteroatoms. The van der Waals surface area contributed by atoms with E-state index >= 15 is 0 Å². The highest BCUT2D eigenvalue weighted by Gasteiger charge is 2.22. The smallest absolute Gasteiger partial charge is 0.229 e. The Hall–Kier alpha value is -2.64. The summed E-state index contributed by atoms with van der Waals surface area (Å²) < 4.78 is 11.8. The molecule has 0 aliphatic heterocycles. The van der Waals surface area contributed by atoms with E-state index in [1.807, 2.05) is 56.6 Å². The van der Waals surface area contributed by atoms with E-state index in [0.717, 1.165) is 28.1 Å². The second-order valence-electron chi connectivity index (χ2n) is 6.98. The summed E-state index contributed by atoms with van der Waals surface area (Å²) in [6.07, 6.45) is 1.14. The van der Waals surface area contributed by atoms with Crippen molar-refractivity contribution in [1.82, 2.24) is 9.88 Å². The Morgan fingerprint density at radius 2 is 1.69 bits per heavy atom. The first kappa shape index (κ1) is 21.1. The third kappa shape index (κ3) is 5.05. The number of carbonyl (C=O) groups excluding carboxylic acids is 1. The predicted octanol–water partition coefficient (Wildman–Crippen LogP) is 3.84. The lowest BCUT2D eigenvalue weighted by molar-refractivity contribution is -0.118. The van der Waals surface area contributed by atoms with Gasteiger partial charge >= 0.3 is 0 Å². The SMILES string of the molecule is COc1ccc(OC)c2sc(N(CCN(C)C)C(=O)CCc3ccccc3)nc12. The number of ether oxygens (including phenoxy) is 2. The summed E-state index contributed by atoms with van der Waals surface area (Å²) >= 11 is 1.46. The van der Waals surface area contributed by atoms with Crippen LogP contribution in [0.15, 0.2) is 42.5 Å². The molecule has 0 N–H and O–H groups in total. The van der Waals surface area contributed by atoms with Crippen LogP contribution in [0, 0.1) is 0 Å². The van der Waals surface area contributed by atoms with E-state index in [1.165, 1.54) is 11.3 Å². The van der Waals surface area contributed by atoms with Crippen molar-refractivity contribution in [3.63, 3.8) is 0 Å². The van der Waals surface area contributed by atoms with Crippen molar-refractivity contribution < 1.29 is 14.3 Å². The van der Waals surface area contributed by atoms with E-state index in [-0.39, 0.29) is 5.91 Å². The number of hydrogen-bond donors (Lipinski definition) is 0. The molecule has 6 nitrogen and oxygen atoms in total. The van der Waals surface area contributed by atoms with E-state index in [4.69, 9.17) is 14.5 Å². The standard InChI is InChI=1S/C22H27N3O3S/c1-24(2)14-15-25(19(26)13-10-16-8-6-5-7-9-16)22-23-20-17(27-3)11-12-18(28-4)21(20)29-22/h5-9,11-12H,10,13-15H2,1-4H3. The molecule has 0 fully saturated rings. The molecule has 29 heavy (non-hydrogen) atoms. The Bertz CT molecular complexity index is 916. The van der Waals surface area contributed by atoms with Gasteiger partial charge in [-0.25, -0.2) is 4.98 Å². The van der Waals surface area contributed by atoms with Crippen LogP contribution in [-0.2, 0) is 11.2 Å². The van der Waals surface area contributed by atoms with Gasteiger partial charge in [-0.15, -0.1) is 0 Å². The van der Waals surface area contributed by atoms with E-state index in [9.17, 15) is 4.79 Å². The summed E-state index contributed by atoms with van der Waals surface area (Å²) in [5.41, 5.74) is 1.87. The average molecular weight is 414 g/mol. The van der Waals surface area contributed by atoms with Gasteiger partial charge in [-0.2, -0.15) is 0 Å². The van der Waals surface area contributed by atoms with Crippen LogP contribution in [0.5, 0.6) is 11.5 Å². The van der Waals surface area contributed by atoms with Crippen LogP contribution in [-0.4, -0.2) is 57.2 Å². The summed E-state index contributed by atoms with van der Waals surface area (Å²) in [5.74, 6) is 1.47. The van der Waals surface area contributed by atoms with Crippen molar-refractivity contribution in [2.75, 3.05) is 46.3 Å². The maximum atomic E-state index is 13.1. The molecule has 1 aromatic heterocycles. The molecule has 0 bridgehead atoms. The number of hydrogen-bond acceptors (Lipinski definition) is 6. The summed E-state index contributed by atoms with van der Waals surface area (Å²) in [6.45, 7) is 1.33. The number of likely N-dealkylation sites (N-methyl/N-ethyl adjacent to an activating group) is 1. The van der Waals surface area contributed by atoms with Crippen LogP contribution in [0.2, 0.25) is 0 Å². The molecule has 0 saturated carbocycles. The first-order chi connectivity index (χ1) is 14.0. The molecule has 0 spiro atoms. The predicted molar refractivity (Wildman–Crippen MR) is 118 cm³/mol. The fourth-order valence-electron chi connectivity index (χ4n) is 3.05. The molecule has 0 aliphatic rings. The van der Waals surface area contributed by atoms with Crippen molar-refractivity contribution >= 4 is 32.6 Å². The number of aromatic nitrogens is 1. The van der Waals surface area contributed by atoms with E-state index in [1.54, 1.807) is 19.1 Å². The second kappa shape index (κ2) is 9.71. The van der Waals surface area contributed by atoms with Gasteiger partial charge in [0.2, 0.25) is 5.91 Å². The molecule has 3 rings (SSSR count). The number of aryl methyl sites for hydroxylation is 1. The molecular weight excluding hydrogens is 386 g/mol. The van der Waals surface area contributed by atoms with Crippen molar-refractivity contribution in [1.29, 1.82) is 0 Å². The van der Waals surface area contributed by atoms with E-state index in [2.05, 4.69) is 4.90 Å². The minimum absolute atomic E-state index is 0.0627. The van der Waals surface area contributed by atoms with Gasteiger partial charge in [0.15, 0.2) is 5.13 Å². The summed E-state index contributed by atoms with van der Waals surface area (Å²) in [7, 11) is 7.25. The largest absolute Gasteiger partial charge is 0.495 e. The van der Waals surface area contributed by atoms with Gasteiger partial charge in [0.25, 0.3) is 0 Å². The van der Waals surface area contributed by atoms with Crippen LogP contribution in [0.4, 0.5) is 5.13 Å². The first-order valence-electron chi connectivity index (χ1n) is 9.54. The minimum Gasteiger partial charge on any atom is -0.495 e. The number of fused-ring (bicyclic) bond motifs is 1. The molecule has 0 unspecified atom stereocenters. The van der Waals surface area contributed by atoms with Crippen LogP contribution >= 0.6 is 11.3 Å². The van der Waals surface area contributed by atoms with Gasteiger partial charge in [-0.1, -0.05) is 41.7 Å². The summed E-state index contributed by atoms with van der Waals surface area (Å²) in [5, 5.41) is 0.669. The normalized spacial score (nSPS) is 11.1. The highest BCUT2D eigenvalue weighted by Crippen LogP contribution is 2.40. The number of amides is 1. The fourth-order valence-corrected chi connectivity index (χ4v) is 4.17. The van der Waals surface area contributed by atoms with E-state index < -0.39 is 0 Å². The topological polar surface area (TPSA) is 54.9 Å². The van der Waals surface area contributed by atoms with Crippen LogP contribution < -0.4 is 14.4 Å². The Labute approximate surface area is 175 Å². The fraction of sp³-hybridized carbons (Fsp3) is 0.364. The van der Waals surface area contributed by atoms with Crippen LogP contribution in [0.3, 0.4) is 0 Å². The Morgan fingerprint density at radius 3 is 2.34 bits per heavy atom. The Balaban J connectivity index is 1.90. The second-order valence-corrected chi connectivity index (χ2v) is 7.96. The average Bonchev–Trinajstić information content (AvgIpc) is 3.17. The molecule has 154 valence electrons. The molecule has 1 heterocycles. The lowest BCUT2D eigenvalue weighted by Gasteiger charge is -2.22. The number of rotatable bonds is 9. The van der Waals surface area contributed by atoms with Gasteiger partial charge in [0.1, 0.15) is 21.7 Å². The molecule has 0 radical (unpaired) electrons. The summed E-state index contributed by atoms with van der Waals surface area (Å²) in [4.78, 5) is 21.7. The highest BCUT2D eigenvalue weighted by molar-refractivity contribution is 7.22. The monoisotopic (exact) mass is 413 g/mol. The maximum absolute atomic E-state index is 13.1. The van der Waals surface area contributed by atoms with Crippen LogP contribution in [0.25, 0.3) is 10.2 Å². The number of anilines is 1. The van der Waals surface area contributed by atoms with Crippen molar-refractivity contribution in [2.24, 2.45) is 0 Å². The zero-order valence-corrected chi connectivity index (χ0v) is 18.2. The van der Waals surface area contributed by atoms with Crippen molar-refractivity contribution in [3.8, 4) is 11.5 Å². The lowest BCUT2D eigenvalue weighted by atomic mass is 10.1. The number of thiazole rings is 1. The quantitative estimate of drug-likeness (QED) is 0.533. The third-order valence-electron chi connectivity index (χ3n) is 4.67. The summed E-state index contributed by atoms with van der Waals surface area (Å²) in [6, 6.07) is 13.8. The molecule has 3 aromatic rings. The molecule has 1 amide bonds. The molecule has 2 aromatic carbocycles. The molecule has 0 saturated heterocycles. The van der Waals surface area contributed by atoms with Gasteiger partial charge < -0.3 is 14.4 Å². The van der Waals surface area contributed by atoms with Gasteiger partial charge in [-0.3, -0.25) is 9.69 Å². The van der Waals surface area contributed by atoms with Gasteiger partial charge in [-0.05, 0) is 38.2 Å². The van der Waals surface area contributed by atoms with Crippen LogP contribution in [0.1, 0.15) is 12.0 Å². The highest BCUT2D eigenvalue weighted by atomic mass is 32.1. The first-order valence-corrected chi connectivity index (χ1v) is 10.4. The number of benzene rings is 2. The molecular formula is C22H27N3O3S. The van der Waals surface area contributed by atoms with Crippen molar-refractivity contribution in [2.45, 2.75) is 12.8 Å². The van der Waals surface area contributed by atoms with E-state index in [0.29, 0.717) is 30.3 Å². The van der Waals surface area contributed by atoms with Gasteiger partial charge in [0.05, 0.1) is 14.2 Å². The molecule has 0 atom stereocenters. The number of methoxy groups -OCH3 is 2.